The number of nitrogens with two attached hydrogens (primary N) is 1. The Morgan fingerprint density at radius 2 is 2.10 bits per heavy atom. The van der Waals surface area contributed by atoms with Crippen LogP contribution in [0.25, 0.3) is 5.69 Å². The van der Waals surface area contributed by atoms with Crippen LogP contribution in [0.3, 0.4) is 0 Å². The molecule has 0 saturated carbocycles. The molecule has 0 aliphatic carbocycles. The predicted octanol–water partition coefficient (Wildman–Crippen LogP) is 1.74. The van der Waals surface area contributed by atoms with E-state index >= 15 is 0 Å². The number of carbonyl (C=O) groups excluding carboxylic acids is 1. The molecule has 0 radical (unpaired) electrons. The van der Waals surface area contributed by atoms with Gasteiger partial charge in [-0.25, -0.2) is 4.68 Å². The number of anilines is 2. The summed E-state index contributed by atoms with van der Waals surface area (Å²) in [6, 6.07) is 9.55. The predicted molar refractivity (Wildman–Crippen MR) is 79.3 cm³/mol. The van der Waals surface area contributed by atoms with Crippen molar-refractivity contribution in [3.8, 4) is 5.69 Å². The minimum Gasteiger partial charge on any atom is -0.394 e. The molecule has 3 rings (SSSR count). The molecule has 2 aromatic heterocycles. The Labute approximate surface area is 120 Å². The van der Waals surface area contributed by atoms with Crippen molar-refractivity contribution in [2.24, 2.45) is 0 Å². The average molecular weight is 282 g/mol. The highest BCUT2D eigenvalue weighted by Gasteiger charge is 2.14. The zero-order chi connectivity index (χ0) is 14.8. The zero-order valence-corrected chi connectivity index (χ0v) is 11.4. The van der Waals surface area contributed by atoms with E-state index in [9.17, 15) is 4.79 Å². The Kier molecular flexibility index (Phi) is 3.15. The quantitative estimate of drug-likeness (QED) is 0.681. The van der Waals surface area contributed by atoms with Gasteiger partial charge in [0.05, 0.1) is 28.8 Å². The molecule has 3 aromatic rings. The van der Waals surface area contributed by atoms with E-state index in [1.54, 1.807) is 17.8 Å². The van der Waals surface area contributed by atoms with Gasteiger partial charge < -0.3 is 11.1 Å². The lowest BCUT2D eigenvalue weighted by molar-refractivity contribution is 0.102. The number of nitrogen functional groups attached to an aromatic ring is 1. The van der Waals surface area contributed by atoms with E-state index in [0.29, 0.717) is 22.8 Å². The fourth-order valence-electron chi connectivity index (χ4n) is 1.87. The second-order valence-corrected chi connectivity index (χ2v) is 4.57. The Balaban J connectivity index is 1.80. The number of para-hydroxylation sites is 1. The molecular formula is C14H14N6O. The van der Waals surface area contributed by atoms with Crippen LogP contribution in [0.2, 0.25) is 0 Å². The number of aryl methyl sites for hydroxylation is 1. The number of aromatic amines is 1. The highest BCUT2D eigenvalue weighted by Crippen LogP contribution is 2.18. The molecule has 7 nitrogen and oxygen atoms in total. The summed E-state index contributed by atoms with van der Waals surface area (Å²) < 4.78 is 1.63. The van der Waals surface area contributed by atoms with Crippen molar-refractivity contribution in [2.45, 2.75) is 6.92 Å². The summed E-state index contributed by atoms with van der Waals surface area (Å²) in [5, 5.41) is 13.5. The molecule has 21 heavy (non-hydrogen) atoms. The van der Waals surface area contributed by atoms with Crippen LogP contribution in [0.4, 0.5) is 11.5 Å². The van der Waals surface area contributed by atoms with Gasteiger partial charge in [0, 0.05) is 6.20 Å². The molecule has 1 aromatic carbocycles. The van der Waals surface area contributed by atoms with E-state index < -0.39 is 0 Å². The standard InChI is InChI=1S/C14H14N6O/c1-9-12(15)13(19-18-9)17-14(21)10-7-16-20(8-10)11-5-3-2-4-6-11/h2-8H,15H2,1H3,(H2,17,18,19,21). The van der Waals surface area contributed by atoms with Crippen molar-refractivity contribution >= 4 is 17.4 Å². The summed E-state index contributed by atoms with van der Waals surface area (Å²) in [5.74, 6) is 0.0142. The second-order valence-electron chi connectivity index (χ2n) is 4.57. The second kappa shape index (κ2) is 5.12. The van der Waals surface area contributed by atoms with E-state index in [-0.39, 0.29) is 5.91 Å². The van der Waals surface area contributed by atoms with Crippen molar-refractivity contribution in [3.05, 3.63) is 54.0 Å². The van der Waals surface area contributed by atoms with Crippen LogP contribution in [0.5, 0.6) is 0 Å². The molecule has 0 aliphatic rings. The number of nitrogens with zero attached hydrogens (tertiary/aromatic N) is 3. The number of hydrogen-bond donors (Lipinski definition) is 3. The number of carbonyl (C=O) groups is 1. The Bertz CT molecular complexity index is 774. The molecule has 0 spiro atoms. The van der Waals surface area contributed by atoms with E-state index in [1.165, 1.54) is 6.20 Å². The fraction of sp³-hybridized carbons (Fsp3) is 0.0714. The van der Waals surface area contributed by atoms with Gasteiger partial charge in [0.1, 0.15) is 0 Å². The number of amides is 1. The topological polar surface area (TPSA) is 102 Å². The van der Waals surface area contributed by atoms with Crippen LogP contribution in [0, 0.1) is 6.92 Å². The van der Waals surface area contributed by atoms with Gasteiger partial charge in [-0.15, -0.1) is 0 Å². The lowest BCUT2D eigenvalue weighted by Crippen LogP contribution is -2.12. The van der Waals surface area contributed by atoms with Crippen molar-refractivity contribution < 1.29 is 4.79 Å². The van der Waals surface area contributed by atoms with E-state index in [2.05, 4.69) is 20.6 Å². The average Bonchev–Trinajstić information content (AvgIpc) is 3.11. The maximum atomic E-state index is 12.1. The highest BCUT2D eigenvalue weighted by atomic mass is 16.1. The summed E-state index contributed by atoms with van der Waals surface area (Å²) in [6.07, 6.45) is 3.15. The van der Waals surface area contributed by atoms with Gasteiger partial charge in [-0.1, -0.05) is 18.2 Å². The normalized spacial score (nSPS) is 10.5. The molecule has 0 bridgehead atoms. The first-order valence-corrected chi connectivity index (χ1v) is 6.37. The number of rotatable bonds is 3. The van der Waals surface area contributed by atoms with Crippen molar-refractivity contribution in [3.63, 3.8) is 0 Å². The first-order chi connectivity index (χ1) is 10.1. The smallest absolute Gasteiger partial charge is 0.260 e. The van der Waals surface area contributed by atoms with Gasteiger partial charge in [0.2, 0.25) is 0 Å². The molecule has 0 unspecified atom stereocenters. The van der Waals surface area contributed by atoms with E-state index in [1.807, 2.05) is 30.3 Å². The maximum absolute atomic E-state index is 12.1. The first-order valence-electron chi connectivity index (χ1n) is 6.37. The SMILES string of the molecule is Cc1[nH]nc(NC(=O)c2cnn(-c3ccccc3)c2)c1N. The van der Waals surface area contributed by atoms with Crippen LogP contribution >= 0.6 is 0 Å². The monoisotopic (exact) mass is 282 g/mol. The van der Waals surface area contributed by atoms with E-state index in [4.69, 9.17) is 5.73 Å². The third-order valence-electron chi connectivity index (χ3n) is 3.09. The number of benzene rings is 1. The number of H-pyrrole nitrogens is 1. The van der Waals surface area contributed by atoms with Crippen molar-refractivity contribution in [1.82, 2.24) is 20.0 Å². The lowest BCUT2D eigenvalue weighted by Gasteiger charge is -2.01. The fourth-order valence-corrected chi connectivity index (χ4v) is 1.87. The zero-order valence-electron chi connectivity index (χ0n) is 11.4. The molecular weight excluding hydrogens is 268 g/mol. The summed E-state index contributed by atoms with van der Waals surface area (Å²) in [7, 11) is 0. The molecule has 0 aliphatic heterocycles. The number of hydrogen-bond acceptors (Lipinski definition) is 4. The van der Waals surface area contributed by atoms with Crippen LogP contribution < -0.4 is 11.1 Å². The van der Waals surface area contributed by atoms with Crippen LogP contribution in [0.15, 0.2) is 42.7 Å². The van der Waals surface area contributed by atoms with Gasteiger partial charge in [-0.05, 0) is 19.1 Å². The summed E-state index contributed by atoms with van der Waals surface area (Å²) in [6.45, 7) is 1.78. The van der Waals surface area contributed by atoms with E-state index in [0.717, 1.165) is 5.69 Å². The maximum Gasteiger partial charge on any atom is 0.260 e. The molecule has 2 heterocycles. The van der Waals surface area contributed by atoms with Gasteiger partial charge in [0.15, 0.2) is 5.82 Å². The Morgan fingerprint density at radius 3 is 2.76 bits per heavy atom. The minimum atomic E-state index is -0.310. The van der Waals surface area contributed by atoms with Gasteiger partial charge >= 0.3 is 0 Å². The summed E-state index contributed by atoms with van der Waals surface area (Å²) >= 11 is 0. The molecule has 1 amide bonds. The minimum absolute atomic E-state index is 0.310. The molecule has 106 valence electrons. The first kappa shape index (κ1) is 12.9. The van der Waals surface area contributed by atoms with Gasteiger partial charge in [-0.2, -0.15) is 10.2 Å². The highest BCUT2D eigenvalue weighted by molar-refractivity contribution is 6.04. The summed E-state index contributed by atoms with van der Waals surface area (Å²) in [4.78, 5) is 12.1. The van der Waals surface area contributed by atoms with Crippen LogP contribution in [0.1, 0.15) is 16.1 Å². The summed E-state index contributed by atoms with van der Waals surface area (Å²) in [5.41, 5.74) is 8.25. The lowest BCUT2D eigenvalue weighted by atomic mass is 10.3. The molecule has 0 atom stereocenters. The third-order valence-corrected chi connectivity index (χ3v) is 3.09. The van der Waals surface area contributed by atoms with Gasteiger partial charge in [0.25, 0.3) is 5.91 Å². The van der Waals surface area contributed by atoms with Crippen molar-refractivity contribution in [2.75, 3.05) is 11.1 Å². The van der Waals surface area contributed by atoms with Crippen LogP contribution in [-0.2, 0) is 0 Å². The third kappa shape index (κ3) is 2.48. The Morgan fingerprint density at radius 1 is 1.33 bits per heavy atom. The Hall–Kier alpha value is -3.09. The van der Waals surface area contributed by atoms with Gasteiger partial charge in [-0.3, -0.25) is 9.89 Å². The van der Waals surface area contributed by atoms with Crippen LogP contribution in [-0.4, -0.2) is 25.9 Å². The molecule has 7 heteroatoms. The number of aromatic nitrogens is 4. The molecule has 0 fully saturated rings. The largest absolute Gasteiger partial charge is 0.394 e. The molecule has 0 saturated heterocycles. The molecule has 4 N–H and O–H groups in total. The van der Waals surface area contributed by atoms with Crippen molar-refractivity contribution in [1.29, 1.82) is 0 Å². The number of nitrogens with one attached hydrogen (secondary N) is 2.